The maximum Gasteiger partial charge on any atom is 0.418 e. The molecule has 2 N–H and O–H groups in total. The van der Waals surface area contributed by atoms with Gasteiger partial charge in [0.2, 0.25) is 0 Å². The molecule has 0 saturated carbocycles. The van der Waals surface area contributed by atoms with Crippen LogP contribution in [0.15, 0.2) is 30.6 Å². The molecule has 0 spiro atoms. The van der Waals surface area contributed by atoms with Crippen LogP contribution >= 0.6 is 0 Å². The van der Waals surface area contributed by atoms with Gasteiger partial charge in [-0.3, -0.25) is 4.79 Å². The summed E-state index contributed by atoms with van der Waals surface area (Å²) < 4.78 is 50.8. The summed E-state index contributed by atoms with van der Waals surface area (Å²) in [5, 5.41) is 12.0. The fraction of sp³-hybridized carbons (Fsp3) is 0.450. The van der Waals surface area contributed by atoms with Crippen molar-refractivity contribution < 1.29 is 32.5 Å². The van der Waals surface area contributed by atoms with Crippen LogP contribution in [-0.4, -0.2) is 40.9 Å². The average molecular weight is 427 g/mol. The van der Waals surface area contributed by atoms with E-state index >= 15 is 0 Å². The second kappa shape index (κ2) is 10.2. The van der Waals surface area contributed by atoms with E-state index in [4.69, 9.17) is 14.6 Å². The van der Waals surface area contributed by atoms with Crippen LogP contribution in [0.3, 0.4) is 0 Å². The van der Waals surface area contributed by atoms with E-state index in [1.54, 1.807) is 0 Å². The molecule has 0 radical (unpaired) electrons. The number of carboxylic acid groups (broad SMARTS) is 1. The molecule has 1 heterocycles. The molecule has 0 unspecified atom stereocenters. The molecule has 10 heteroatoms. The molecule has 0 amide bonds. The number of carbonyl (C=O) groups is 1. The zero-order valence-corrected chi connectivity index (χ0v) is 16.9. The highest BCUT2D eigenvalue weighted by molar-refractivity contribution is 5.69. The van der Waals surface area contributed by atoms with Gasteiger partial charge in [-0.1, -0.05) is 19.1 Å². The Bertz CT molecular complexity index is 844. The topological polar surface area (TPSA) is 93.6 Å². The molecule has 0 saturated heterocycles. The number of anilines is 2. The van der Waals surface area contributed by atoms with Crippen molar-refractivity contribution >= 4 is 17.3 Å². The van der Waals surface area contributed by atoms with E-state index in [0.717, 1.165) is 0 Å². The van der Waals surface area contributed by atoms with Gasteiger partial charge in [-0.15, -0.1) is 0 Å². The van der Waals surface area contributed by atoms with Gasteiger partial charge in [-0.2, -0.15) is 13.2 Å². The Hall–Kier alpha value is -2.88. The van der Waals surface area contributed by atoms with Crippen molar-refractivity contribution in [2.45, 2.75) is 44.9 Å². The van der Waals surface area contributed by atoms with Gasteiger partial charge in [-0.25, -0.2) is 9.97 Å². The number of hydrogen-bond donors (Lipinski definition) is 2. The van der Waals surface area contributed by atoms with Crippen molar-refractivity contribution in [2.75, 3.05) is 19.0 Å². The molecule has 30 heavy (non-hydrogen) atoms. The van der Waals surface area contributed by atoms with E-state index in [1.165, 1.54) is 44.6 Å². The number of rotatable bonds is 10. The predicted molar refractivity (Wildman–Crippen MR) is 104 cm³/mol. The van der Waals surface area contributed by atoms with Crippen LogP contribution < -0.4 is 10.1 Å². The summed E-state index contributed by atoms with van der Waals surface area (Å²) in [6.45, 7) is 3.18. The van der Waals surface area contributed by atoms with Crippen molar-refractivity contribution in [1.82, 2.24) is 9.97 Å². The summed E-state index contributed by atoms with van der Waals surface area (Å²) in [6, 6.07) is 4.47. The number of nitrogens with zero attached hydrogens (tertiary/aromatic N) is 2. The second-order valence-corrected chi connectivity index (χ2v) is 6.51. The largest absolute Gasteiger partial charge is 0.481 e. The summed E-state index contributed by atoms with van der Waals surface area (Å²) in [6.07, 6.45) is -3.63. The highest BCUT2D eigenvalue weighted by Gasteiger charge is 2.43. The number of carboxylic acids is 1. The zero-order valence-electron chi connectivity index (χ0n) is 16.9. The molecular weight excluding hydrogens is 403 g/mol. The Morgan fingerprint density at radius 1 is 1.23 bits per heavy atom. The average Bonchev–Trinajstić information content (AvgIpc) is 2.70. The minimum Gasteiger partial charge on any atom is -0.481 e. The highest BCUT2D eigenvalue weighted by Crippen LogP contribution is 2.41. The van der Waals surface area contributed by atoms with Crippen LogP contribution in [0.25, 0.3) is 0 Å². The van der Waals surface area contributed by atoms with Gasteiger partial charge in [0.25, 0.3) is 0 Å². The van der Waals surface area contributed by atoms with Crippen LogP contribution in [0, 0.1) is 0 Å². The molecule has 0 aliphatic heterocycles. The Kier molecular flexibility index (Phi) is 7.99. The molecule has 2 aromatic rings. The molecule has 1 aromatic carbocycles. The monoisotopic (exact) mass is 427 g/mol. The van der Waals surface area contributed by atoms with Crippen molar-refractivity contribution in [3.8, 4) is 6.01 Å². The number of ether oxygens (including phenoxy) is 2. The Labute approximate surface area is 172 Å². The third-order valence-corrected chi connectivity index (χ3v) is 4.47. The first-order valence-electron chi connectivity index (χ1n) is 9.36. The van der Waals surface area contributed by atoms with Crippen molar-refractivity contribution in [2.24, 2.45) is 0 Å². The quantitative estimate of drug-likeness (QED) is 0.560. The smallest absolute Gasteiger partial charge is 0.418 e. The lowest BCUT2D eigenvalue weighted by atomic mass is 9.91. The number of nitrogens with one attached hydrogen (secondary N) is 1. The van der Waals surface area contributed by atoms with E-state index in [2.05, 4.69) is 15.3 Å². The fourth-order valence-corrected chi connectivity index (χ4v) is 3.04. The Morgan fingerprint density at radius 2 is 1.90 bits per heavy atom. The number of aliphatic carboxylic acids is 1. The first-order valence-corrected chi connectivity index (χ1v) is 9.36. The van der Waals surface area contributed by atoms with Crippen LogP contribution in [-0.2, 0) is 9.53 Å². The first kappa shape index (κ1) is 23.4. The third-order valence-electron chi connectivity index (χ3n) is 4.47. The number of hydrogen-bond acceptors (Lipinski definition) is 6. The molecule has 0 bridgehead atoms. The van der Waals surface area contributed by atoms with Gasteiger partial charge in [0.1, 0.15) is 0 Å². The van der Waals surface area contributed by atoms with Crippen molar-refractivity contribution in [1.29, 1.82) is 0 Å². The molecule has 0 fully saturated rings. The number of benzene rings is 1. The summed E-state index contributed by atoms with van der Waals surface area (Å²) in [7, 11) is 1.40. The van der Waals surface area contributed by atoms with Gasteiger partial charge < -0.3 is 19.9 Å². The van der Waals surface area contributed by atoms with Crippen LogP contribution in [0.4, 0.5) is 24.5 Å². The lowest BCUT2D eigenvalue weighted by Gasteiger charge is -2.25. The molecule has 164 valence electrons. The van der Waals surface area contributed by atoms with Crippen LogP contribution in [0.2, 0.25) is 0 Å². The number of alkyl halides is 3. The van der Waals surface area contributed by atoms with Crippen molar-refractivity contribution in [3.05, 3.63) is 41.7 Å². The maximum atomic E-state index is 13.6. The highest BCUT2D eigenvalue weighted by atomic mass is 19.4. The summed E-state index contributed by atoms with van der Waals surface area (Å²) >= 11 is 0. The predicted octanol–water partition coefficient (Wildman–Crippen LogP) is 4.84. The van der Waals surface area contributed by atoms with E-state index < -0.39 is 18.2 Å². The normalized spacial score (nSPS) is 13.5. The molecule has 1 aromatic heterocycles. The fourth-order valence-electron chi connectivity index (χ4n) is 3.04. The Balaban J connectivity index is 2.52. The maximum absolute atomic E-state index is 13.6. The summed E-state index contributed by atoms with van der Waals surface area (Å²) in [4.78, 5) is 19.0. The lowest BCUT2D eigenvalue weighted by Crippen LogP contribution is -2.24. The first-order chi connectivity index (χ1) is 14.2. The van der Waals surface area contributed by atoms with Gasteiger partial charge >= 0.3 is 18.2 Å². The van der Waals surface area contributed by atoms with Gasteiger partial charge in [0.15, 0.2) is 6.10 Å². The van der Waals surface area contributed by atoms with Gasteiger partial charge in [0.05, 0.1) is 31.6 Å². The minimum absolute atomic E-state index is 0.115. The number of aromatic nitrogens is 2. The molecule has 2 atom stereocenters. The minimum atomic E-state index is -4.63. The molecule has 0 aliphatic rings. The van der Waals surface area contributed by atoms with E-state index in [1.807, 2.05) is 6.92 Å². The van der Waals surface area contributed by atoms with Crippen LogP contribution in [0.1, 0.15) is 49.8 Å². The van der Waals surface area contributed by atoms with E-state index in [-0.39, 0.29) is 36.2 Å². The third kappa shape index (κ3) is 6.06. The van der Waals surface area contributed by atoms with E-state index in [0.29, 0.717) is 17.7 Å². The number of methoxy groups -OCH3 is 1. The van der Waals surface area contributed by atoms with Crippen LogP contribution in [0.5, 0.6) is 6.01 Å². The molecule has 2 rings (SSSR count). The molecule has 0 aliphatic carbocycles. The zero-order chi connectivity index (χ0) is 22.3. The summed E-state index contributed by atoms with van der Waals surface area (Å²) in [5.41, 5.74) is 0.978. The Morgan fingerprint density at radius 3 is 2.40 bits per heavy atom. The van der Waals surface area contributed by atoms with E-state index in [9.17, 15) is 18.0 Å². The molecular formula is C20H24F3N3O4. The lowest BCUT2D eigenvalue weighted by molar-refractivity contribution is -0.222. The summed E-state index contributed by atoms with van der Waals surface area (Å²) in [5.74, 6) is -1.33. The number of halogens is 3. The molecule has 7 nitrogen and oxygen atoms in total. The van der Waals surface area contributed by atoms with Gasteiger partial charge in [0, 0.05) is 17.9 Å². The standard InChI is InChI=1S/C20H24F3N3O4/c1-4-12(9-17(27)28)13-6-7-15(18(30-5-2)20(21,22)23)16(8-13)26-14-10-24-19(29-3)25-11-14/h6-8,10-12,18,26H,4-5,9H2,1-3H3,(H,27,28)/t12-,18-/m0/s1. The second-order valence-electron chi connectivity index (χ2n) is 6.51. The van der Waals surface area contributed by atoms with Gasteiger partial charge in [-0.05, 0) is 30.9 Å². The van der Waals surface area contributed by atoms with Crippen molar-refractivity contribution in [3.63, 3.8) is 0 Å². The SMILES string of the molecule is CCO[C@@H](c1ccc([C@@H](CC)CC(=O)O)cc1Nc1cnc(OC)nc1)C(F)(F)F.